The molecule has 1 saturated heterocycles. The Bertz CT molecular complexity index is 1740. The predicted molar refractivity (Wildman–Crippen MR) is 250 cm³/mol. The van der Waals surface area contributed by atoms with Gasteiger partial charge in [0.1, 0.15) is 18.3 Å². The van der Waals surface area contributed by atoms with E-state index in [0.29, 0.717) is 6.42 Å². The molecule has 62 heavy (non-hydrogen) atoms. The van der Waals surface area contributed by atoms with Crippen molar-refractivity contribution in [2.75, 3.05) is 6.61 Å². The third-order valence-electron chi connectivity index (χ3n) is 9.79. The zero-order chi connectivity index (χ0) is 46.1. The second-order valence-electron chi connectivity index (χ2n) is 15.7. The number of allylic oxidation sites excluding steroid dienone is 22. The van der Waals surface area contributed by atoms with E-state index in [0.717, 1.165) is 60.8 Å². The molecule has 0 aromatic rings. The van der Waals surface area contributed by atoms with Crippen molar-refractivity contribution < 1.29 is 49.0 Å². The van der Waals surface area contributed by atoms with Crippen molar-refractivity contribution in [3.63, 3.8) is 0 Å². The molecular weight excluding hydrogens is 785 g/mol. The molecule has 4 N–H and O–H groups in total. The molecule has 1 rings (SSSR count). The number of esters is 2. The van der Waals surface area contributed by atoms with Crippen molar-refractivity contribution in [1.82, 2.24) is 0 Å². The van der Waals surface area contributed by atoms with Gasteiger partial charge in [-0.05, 0) is 73.6 Å². The van der Waals surface area contributed by atoms with Gasteiger partial charge < -0.3 is 34.6 Å². The van der Waals surface area contributed by atoms with Crippen LogP contribution in [-0.2, 0) is 28.6 Å². The van der Waals surface area contributed by atoms with Crippen molar-refractivity contribution in [3.8, 4) is 0 Å². The van der Waals surface area contributed by atoms with Crippen LogP contribution >= 0.6 is 0 Å². The summed E-state index contributed by atoms with van der Waals surface area (Å²) >= 11 is 0. The zero-order valence-electron chi connectivity index (χ0n) is 38.2. The van der Waals surface area contributed by atoms with Gasteiger partial charge in [-0.2, -0.15) is 0 Å². The summed E-state index contributed by atoms with van der Waals surface area (Å²) < 4.78 is 16.6. The number of carboxylic acids is 1. The number of aliphatic hydroxyl groups excluding tert-OH is 3. The van der Waals surface area contributed by atoms with E-state index in [4.69, 9.17) is 19.3 Å². The highest BCUT2D eigenvalue weighted by Gasteiger charge is 2.48. The number of aliphatic carboxylic acids is 1. The Morgan fingerprint density at radius 2 is 1.02 bits per heavy atom. The molecule has 5 atom stereocenters. The smallest absolute Gasteiger partial charge is 0.336 e. The summed E-state index contributed by atoms with van der Waals surface area (Å²) in [5.41, 5.74) is 4.52. The standard InChI is InChI=1S/C52H74O10/c1-8-9-10-11-12-13-14-15-16-17-18-19-20-37-46(54)61-49-48(56)47(55)45(38-53)60-52(49)62-51(59)44(7)36-26-34-42(5)32-24-30-40(3)28-22-21-27-39(2)29-23-31-41(4)33-25-35-43(6)50(57)58/h13-14,21-36,45,47-49,52-53,55-56H,8-12,15-20,37-38H2,1-7H3,(H,57,58)/b14-13-,22-21+,29-23+,30-24+,33-25+,34-26+,39-27+,40-28+,41-31+,42-32+,43-35+,44-36+/t45-,47-,48+,49-,52+/m1/s1. The number of ether oxygens (including phenoxy) is 3. The molecule has 1 heterocycles. The van der Waals surface area contributed by atoms with Gasteiger partial charge in [0.05, 0.1) is 6.61 Å². The third kappa shape index (κ3) is 25.8. The van der Waals surface area contributed by atoms with Crippen LogP contribution < -0.4 is 0 Å². The first kappa shape index (κ1) is 55.1. The second-order valence-corrected chi connectivity index (χ2v) is 15.7. The van der Waals surface area contributed by atoms with Gasteiger partial charge >= 0.3 is 17.9 Å². The normalized spacial score (nSPS) is 21.5. The Kier molecular flexibility index (Phi) is 30.0. The number of aliphatic hydroxyl groups is 3. The number of hydrogen-bond acceptors (Lipinski definition) is 9. The van der Waals surface area contributed by atoms with E-state index < -0.39 is 55.2 Å². The van der Waals surface area contributed by atoms with Gasteiger partial charge in [-0.25, -0.2) is 9.59 Å². The van der Waals surface area contributed by atoms with Gasteiger partial charge in [-0.15, -0.1) is 0 Å². The van der Waals surface area contributed by atoms with Crippen LogP contribution in [0.2, 0.25) is 0 Å². The zero-order valence-corrected chi connectivity index (χ0v) is 38.2. The van der Waals surface area contributed by atoms with E-state index in [-0.39, 0.29) is 17.6 Å². The molecule has 0 aromatic carbocycles. The lowest BCUT2D eigenvalue weighted by Gasteiger charge is -2.40. The Morgan fingerprint density at radius 3 is 1.52 bits per heavy atom. The van der Waals surface area contributed by atoms with Crippen LogP contribution in [0.5, 0.6) is 0 Å². The quantitative estimate of drug-likeness (QED) is 0.0196. The molecule has 0 amide bonds. The largest absolute Gasteiger partial charge is 0.478 e. The van der Waals surface area contributed by atoms with E-state index in [1.807, 2.05) is 101 Å². The minimum Gasteiger partial charge on any atom is -0.478 e. The number of hydrogen-bond donors (Lipinski definition) is 4. The van der Waals surface area contributed by atoms with Gasteiger partial charge in [-0.3, -0.25) is 4.79 Å². The molecule has 10 nitrogen and oxygen atoms in total. The fourth-order valence-corrected chi connectivity index (χ4v) is 5.84. The van der Waals surface area contributed by atoms with Crippen molar-refractivity contribution in [2.24, 2.45) is 0 Å². The summed E-state index contributed by atoms with van der Waals surface area (Å²) in [7, 11) is 0. The van der Waals surface area contributed by atoms with Gasteiger partial charge in [0.25, 0.3) is 0 Å². The van der Waals surface area contributed by atoms with Gasteiger partial charge in [0, 0.05) is 17.6 Å². The fourth-order valence-electron chi connectivity index (χ4n) is 5.84. The Morgan fingerprint density at radius 1 is 0.565 bits per heavy atom. The van der Waals surface area contributed by atoms with Crippen LogP contribution in [-0.4, -0.2) is 75.6 Å². The summed E-state index contributed by atoms with van der Waals surface area (Å²) in [5, 5.41) is 39.8. The molecule has 0 spiro atoms. The van der Waals surface area contributed by atoms with Crippen LogP contribution in [0, 0.1) is 0 Å². The van der Waals surface area contributed by atoms with E-state index in [1.54, 1.807) is 38.2 Å². The summed E-state index contributed by atoms with van der Waals surface area (Å²) in [4.78, 5) is 36.6. The average molecular weight is 859 g/mol. The molecule has 342 valence electrons. The van der Waals surface area contributed by atoms with E-state index >= 15 is 0 Å². The average Bonchev–Trinajstić information content (AvgIpc) is 3.23. The van der Waals surface area contributed by atoms with Crippen LogP contribution in [0.3, 0.4) is 0 Å². The van der Waals surface area contributed by atoms with Crippen molar-refractivity contribution in [2.45, 2.75) is 156 Å². The molecule has 1 fully saturated rings. The van der Waals surface area contributed by atoms with Crippen LogP contribution in [0.1, 0.15) is 126 Å². The van der Waals surface area contributed by atoms with Crippen LogP contribution in [0.15, 0.2) is 143 Å². The van der Waals surface area contributed by atoms with Crippen molar-refractivity contribution in [3.05, 3.63) is 143 Å². The first-order valence-corrected chi connectivity index (χ1v) is 22.0. The first-order chi connectivity index (χ1) is 29.7. The highest BCUT2D eigenvalue weighted by Crippen LogP contribution is 2.26. The molecule has 1 aliphatic heterocycles. The molecule has 0 aromatic heterocycles. The van der Waals surface area contributed by atoms with Gasteiger partial charge in [0.2, 0.25) is 6.29 Å². The van der Waals surface area contributed by atoms with Crippen LogP contribution in [0.4, 0.5) is 0 Å². The Labute approximate surface area is 371 Å². The summed E-state index contributed by atoms with van der Waals surface area (Å²) in [6.45, 7) is 12.5. The number of rotatable bonds is 28. The van der Waals surface area contributed by atoms with E-state index in [1.165, 1.54) is 25.7 Å². The number of carboxylic acid groups (broad SMARTS) is 1. The molecule has 0 bridgehead atoms. The molecular formula is C52H74O10. The number of carbonyl (C=O) groups excluding carboxylic acids is 2. The van der Waals surface area contributed by atoms with Gasteiger partial charge in [0.15, 0.2) is 6.10 Å². The highest BCUT2D eigenvalue weighted by molar-refractivity contribution is 5.88. The van der Waals surface area contributed by atoms with E-state index in [2.05, 4.69) is 19.1 Å². The predicted octanol–water partition coefficient (Wildman–Crippen LogP) is 10.7. The maximum Gasteiger partial charge on any atom is 0.336 e. The SMILES string of the molecule is CCCCCC/C=C\CCCCCCCC(=O)O[C@H]1[C@H](OC(=O)/C(C)=C/C=C/C(C)=C/C=C/C(C)=C/C=C/C=C(C)/C=C/C=C(C)/C=C/C=C(\C)C(=O)O)O[C@H](CO)[C@@H](O)[C@@H]1O. The minimum atomic E-state index is -1.63. The fraction of sp³-hybridized carbons (Fsp3) is 0.481. The van der Waals surface area contributed by atoms with Crippen molar-refractivity contribution in [1.29, 1.82) is 0 Å². The maximum absolute atomic E-state index is 13.0. The molecule has 0 radical (unpaired) electrons. The highest BCUT2D eigenvalue weighted by atomic mass is 16.7. The number of unbranched alkanes of at least 4 members (excludes halogenated alkanes) is 9. The third-order valence-corrected chi connectivity index (χ3v) is 9.79. The number of carbonyl (C=O) groups is 3. The summed E-state index contributed by atoms with van der Waals surface area (Å²) in [6.07, 6.45) is 38.9. The topological polar surface area (TPSA) is 160 Å². The van der Waals surface area contributed by atoms with E-state index in [9.17, 15) is 29.7 Å². The van der Waals surface area contributed by atoms with Gasteiger partial charge in [-0.1, -0.05) is 177 Å². The maximum atomic E-state index is 13.0. The lowest BCUT2D eigenvalue weighted by atomic mass is 9.99. The first-order valence-electron chi connectivity index (χ1n) is 22.0. The Hall–Kier alpha value is -4.87. The Balaban J connectivity index is 2.66. The molecule has 0 aliphatic carbocycles. The molecule has 10 heteroatoms. The second kappa shape index (κ2) is 33.7. The van der Waals surface area contributed by atoms with Crippen LogP contribution in [0.25, 0.3) is 0 Å². The lowest BCUT2D eigenvalue weighted by molar-refractivity contribution is -0.295. The summed E-state index contributed by atoms with van der Waals surface area (Å²) in [5.74, 6) is -2.31. The molecule has 0 unspecified atom stereocenters. The summed E-state index contributed by atoms with van der Waals surface area (Å²) in [6, 6.07) is 0. The lowest BCUT2D eigenvalue weighted by Crippen LogP contribution is -2.60. The minimum absolute atomic E-state index is 0.105. The van der Waals surface area contributed by atoms with Crippen molar-refractivity contribution >= 4 is 17.9 Å². The molecule has 0 saturated carbocycles. The molecule has 1 aliphatic rings. The monoisotopic (exact) mass is 859 g/mol.